The van der Waals surface area contributed by atoms with Gasteiger partial charge in [-0.3, -0.25) is 0 Å². The number of cyclic esters (lactones) is 1. The van der Waals surface area contributed by atoms with Crippen molar-refractivity contribution in [2.45, 2.75) is 18.9 Å². The quantitative estimate of drug-likeness (QED) is 0.745. The Morgan fingerprint density at radius 1 is 1.19 bits per heavy atom. The Kier molecular flexibility index (Phi) is 6.17. The van der Waals surface area contributed by atoms with E-state index in [1.165, 1.54) is 5.69 Å². The van der Waals surface area contributed by atoms with Crippen LogP contribution in [0.4, 0.5) is 15.3 Å². The molecule has 1 aromatic carbocycles. The number of nitrogens with zero attached hydrogens (tertiary/aromatic N) is 2. The summed E-state index contributed by atoms with van der Waals surface area (Å²) in [6.45, 7) is 3.76. The van der Waals surface area contributed by atoms with E-state index in [1.807, 2.05) is 12.1 Å². The van der Waals surface area contributed by atoms with Crippen molar-refractivity contribution in [1.82, 2.24) is 15.5 Å². The molecule has 0 aromatic heterocycles. The molecule has 0 spiro atoms. The molecule has 2 N–H and O–H groups in total. The summed E-state index contributed by atoms with van der Waals surface area (Å²) in [6, 6.07) is 8.20. The fourth-order valence-electron chi connectivity index (χ4n) is 3.25. The minimum Gasteiger partial charge on any atom is -0.497 e. The molecule has 1 aromatic rings. The number of hydrogen-bond donors (Lipinski definition) is 2. The fourth-order valence-corrected chi connectivity index (χ4v) is 3.25. The number of urea groups is 1. The number of ether oxygens (including phenoxy) is 2. The third-order valence-corrected chi connectivity index (χ3v) is 4.77. The highest BCUT2D eigenvalue weighted by Gasteiger charge is 2.28. The molecule has 8 nitrogen and oxygen atoms in total. The number of hydrogen-bond acceptors (Lipinski definition) is 6. The summed E-state index contributed by atoms with van der Waals surface area (Å²) in [6.07, 6.45) is 1.54. The Morgan fingerprint density at radius 2 is 1.92 bits per heavy atom. The molecule has 2 saturated heterocycles. The lowest BCUT2D eigenvalue weighted by molar-refractivity contribution is 0.158. The largest absolute Gasteiger partial charge is 0.497 e. The summed E-state index contributed by atoms with van der Waals surface area (Å²) < 4.78 is 9.94. The van der Waals surface area contributed by atoms with Gasteiger partial charge in [-0.2, -0.15) is 0 Å². The van der Waals surface area contributed by atoms with Gasteiger partial charge >= 0.3 is 12.1 Å². The van der Waals surface area contributed by atoms with Crippen LogP contribution in [0.3, 0.4) is 0 Å². The molecular formula is C18H26N4O4. The Labute approximate surface area is 153 Å². The molecule has 8 heteroatoms. The third-order valence-electron chi connectivity index (χ3n) is 4.77. The van der Waals surface area contributed by atoms with Gasteiger partial charge < -0.3 is 25.0 Å². The van der Waals surface area contributed by atoms with Gasteiger partial charge in [0.05, 0.1) is 13.7 Å². The first-order valence-electron chi connectivity index (χ1n) is 9.02. The number of methoxy groups -OCH3 is 1. The molecule has 0 saturated carbocycles. The molecule has 142 valence electrons. The number of piperidine rings is 1. The molecule has 3 amide bonds. The first kappa shape index (κ1) is 18.3. The highest BCUT2D eigenvalue weighted by Crippen LogP contribution is 2.22. The van der Waals surface area contributed by atoms with E-state index in [-0.39, 0.29) is 12.6 Å². The predicted molar refractivity (Wildman–Crippen MR) is 97.7 cm³/mol. The van der Waals surface area contributed by atoms with Crippen molar-refractivity contribution in [3.63, 3.8) is 0 Å². The van der Waals surface area contributed by atoms with Gasteiger partial charge in [0.1, 0.15) is 12.4 Å². The van der Waals surface area contributed by atoms with Crippen molar-refractivity contribution in [3.05, 3.63) is 24.3 Å². The number of carbonyl (C=O) groups is 2. The van der Waals surface area contributed by atoms with Crippen molar-refractivity contribution in [2.24, 2.45) is 0 Å². The van der Waals surface area contributed by atoms with E-state index in [4.69, 9.17) is 9.47 Å². The van der Waals surface area contributed by atoms with Crippen LogP contribution in [-0.2, 0) is 4.74 Å². The molecule has 0 unspecified atom stereocenters. The van der Waals surface area contributed by atoms with E-state index in [1.54, 1.807) is 7.11 Å². The Balaban J connectivity index is 1.32. The molecule has 26 heavy (non-hydrogen) atoms. The Morgan fingerprint density at radius 3 is 2.54 bits per heavy atom. The molecule has 2 heterocycles. The van der Waals surface area contributed by atoms with Gasteiger partial charge in [-0.25, -0.2) is 14.5 Å². The maximum atomic E-state index is 11.8. The van der Waals surface area contributed by atoms with E-state index >= 15 is 0 Å². The van der Waals surface area contributed by atoms with Crippen LogP contribution < -0.4 is 20.3 Å². The smallest absolute Gasteiger partial charge is 0.418 e. The zero-order chi connectivity index (χ0) is 18.4. The van der Waals surface area contributed by atoms with Crippen LogP contribution in [0.15, 0.2) is 24.3 Å². The summed E-state index contributed by atoms with van der Waals surface area (Å²) in [5, 5.41) is 6.21. The van der Waals surface area contributed by atoms with Gasteiger partial charge in [-0.1, -0.05) is 0 Å². The Hall–Kier alpha value is -2.48. The molecule has 0 bridgehead atoms. The summed E-state index contributed by atoms with van der Waals surface area (Å²) >= 11 is 0. The van der Waals surface area contributed by atoms with E-state index in [2.05, 4.69) is 27.7 Å². The monoisotopic (exact) mass is 362 g/mol. The average Bonchev–Trinajstić information content (AvgIpc) is 3.12. The van der Waals surface area contributed by atoms with Crippen molar-refractivity contribution in [1.29, 1.82) is 0 Å². The second-order valence-electron chi connectivity index (χ2n) is 6.41. The lowest BCUT2D eigenvalue weighted by atomic mass is 10.0. The van der Waals surface area contributed by atoms with Crippen molar-refractivity contribution in [2.75, 3.05) is 51.3 Å². The van der Waals surface area contributed by atoms with Gasteiger partial charge in [0.25, 0.3) is 0 Å². The standard InChI is InChI=1S/C18H26N4O4/c1-25-16-4-2-15(3-5-16)21-10-6-14(7-11-21)19-8-9-20-17(23)22-12-13-26-18(22)24/h2-5,14,19H,6-13H2,1H3,(H,20,23). The zero-order valence-electron chi connectivity index (χ0n) is 15.1. The molecule has 3 rings (SSSR count). The maximum absolute atomic E-state index is 11.8. The normalized spacial score (nSPS) is 18.0. The van der Waals surface area contributed by atoms with Crippen LogP contribution in [0, 0.1) is 0 Å². The van der Waals surface area contributed by atoms with E-state index in [0.717, 1.165) is 36.6 Å². The maximum Gasteiger partial charge on any atom is 0.418 e. The van der Waals surface area contributed by atoms with Crippen molar-refractivity contribution >= 4 is 17.8 Å². The molecule has 2 fully saturated rings. The van der Waals surface area contributed by atoms with Crippen molar-refractivity contribution in [3.8, 4) is 5.75 Å². The minimum absolute atomic E-state index is 0.275. The van der Waals surface area contributed by atoms with E-state index in [9.17, 15) is 9.59 Å². The minimum atomic E-state index is -0.568. The molecular weight excluding hydrogens is 336 g/mol. The van der Waals surface area contributed by atoms with Crippen LogP contribution >= 0.6 is 0 Å². The number of carbonyl (C=O) groups excluding carboxylic acids is 2. The molecule has 2 aliphatic heterocycles. The summed E-state index contributed by atoms with van der Waals surface area (Å²) in [7, 11) is 1.67. The fraction of sp³-hybridized carbons (Fsp3) is 0.556. The summed E-state index contributed by atoms with van der Waals surface area (Å²) in [5.74, 6) is 0.870. The second-order valence-corrected chi connectivity index (χ2v) is 6.41. The highest BCUT2D eigenvalue weighted by molar-refractivity contribution is 5.91. The van der Waals surface area contributed by atoms with Crippen LogP contribution in [0.1, 0.15) is 12.8 Å². The number of amides is 3. The SMILES string of the molecule is COc1ccc(N2CCC(NCCNC(=O)N3CCOC3=O)CC2)cc1. The van der Waals surface area contributed by atoms with Crippen LogP contribution in [-0.4, -0.2) is 69.5 Å². The topological polar surface area (TPSA) is 83.1 Å². The lowest BCUT2D eigenvalue weighted by Crippen LogP contribution is -2.46. The van der Waals surface area contributed by atoms with Crippen LogP contribution in [0.25, 0.3) is 0 Å². The van der Waals surface area contributed by atoms with Gasteiger partial charge in [-0.05, 0) is 37.1 Å². The molecule has 0 atom stereocenters. The average molecular weight is 362 g/mol. The lowest BCUT2D eigenvalue weighted by Gasteiger charge is -2.34. The molecule has 0 radical (unpaired) electrons. The molecule has 2 aliphatic rings. The summed E-state index contributed by atoms with van der Waals surface area (Å²) in [5.41, 5.74) is 1.22. The second kappa shape index (κ2) is 8.75. The predicted octanol–water partition coefficient (Wildman–Crippen LogP) is 1.42. The number of rotatable bonds is 6. The van der Waals surface area contributed by atoms with E-state index < -0.39 is 6.09 Å². The van der Waals surface area contributed by atoms with Gasteiger partial charge in [0, 0.05) is 37.9 Å². The first-order valence-corrected chi connectivity index (χ1v) is 9.02. The number of benzene rings is 1. The van der Waals surface area contributed by atoms with Gasteiger partial charge in [-0.15, -0.1) is 0 Å². The Bertz CT molecular complexity index is 614. The van der Waals surface area contributed by atoms with Gasteiger partial charge in [0.15, 0.2) is 0 Å². The van der Waals surface area contributed by atoms with Gasteiger partial charge in [0.2, 0.25) is 0 Å². The van der Waals surface area contributed by atoms with Crippen molar-refractivity contribution < 1.29 is 19.1 Å². The number of anilines is 1. The highest BCUT2D eigenvalue weighted by atomic mass is 16.6. The van der Waals surface area contributed by atoms with Crippen LogP contribution in [0.2, 0.25) is 0 Å². The third kappa shape index (κ3) is 4.57. The zero-order valence-corrected chi connectivity index (χ0v) is 15.1. The first-order chi connectivity index (χ1) is 12.7. The number of nitrogens with one attached hydrogen (secondary N) is 2. The van der Waals surface area contributed by atoms with Crippen LogP contribution in [0.5, 0.6) is 5.75 Å². The van der Waals surface area contributed by atoms with E-state index in [0.29, 0.717) is 25.7 Å². The molecule has 0 aliphatic carbocycles. The number of imide groups is 1. The summed E-state index contributed by atoms with van der Waals surface area (Å²) in [4.78, 5) is 26.6.